The molecule has 0 N–H and O–H groups in total. The molecule has 0 aromatic rings. The SMILES string of the molecule is CCN1CCN(C(=O)N2CCCC2(C)C)CC1. The number of carbonyl (C=O) groups is 1. The van der Waals surface area contributed by atoms with Crippen molar-refractivity contribution in [1.29, 1.82) is 0 Å². The van der Waals surface area contributed by atoms with Crippen LogP contribution in [0.15, 0.2) is 0 Å². The molecule has 2 saturated heterocycles. The van der Waals surface area contributed by atoms with Crippen molar-refractivity contribution < 1.29 is 4.79 Å². The van der Waals surface area contributed by atoms with Gasteiger partial charge in [-0.2, -0.15) is 0 Å². The molecule has 0 aliphatic carbocycles. The summed E-state index contributed by atoms with van der Waals surface area (Å²) in [6, 6.07) is 0.253. The summed E-state index contributed by atoms with van der Waals surface area (Å²) >= 11 is 0. The standard InChI is InChI=1S/C13H25N3O/c1-4-14-8-10-15(11-9-14)12(17)16-7-5-6-13(16,2)3/h4-11H2,1-3H3. The zero-order valence-corrected chi connectivity index (χ0v) is 11.4. The van der Waals surface area contributed by atoms with E-state index in [0.29, 0.717) is 0 Å². The van der Waals surface area contributed by atoms with Gasteiger partial charge in [-0.25, -0.2) is 4.79 Å². The minimum absolute atomic E-state index is 0.0545. The van der Waals surface area contributed by atoms with Crippen LogP contribution in [0.1, 0.15) is 33.6 Å². The van der Waals surface area contributed by atoms with Gasteiger partial charge in [0.15, 0.2) is 0 Å². The lowest BCUT2D eigenvalue weighted by molar-refractivity contribution is 0.0973. The van der Waals surface area contributed by atoms with Gasteiger partial charge in [0.1, 0.15) is 0 Å². The van der Waals surface area contributed by atoms with Gasteiger partial charge in [0.05, 0.1) is 0 Å². The molecule has 2 rings (SSSR count). The number of carbonyl (C=O) groups excluding carboxylic acids is 1. The van der Waals surface area contributed by atoms with Crippen LogP contribution in [-0.4, -0.2) is 65.5 Å². The highest BCUT2D eigenvalue weighted by atomic mass is 16.2. The quantitative estimate of drug-likeness (QED) is 0.695. The van der Waals surface area contributed by atoms with Crippen molar-refractivity contribution in [2.75, 3.05) is 39.3 Å². The summed E-state index contributed by atoms with van der Waals surface area (Å²) in [5, 5.41) is 0. The third kappa shape index (κ3) is 2.57. The number of amides is 2. The molecule has 0 spiro atoms. The number of nitrogens with zero attached hydrogens (tertiary/aromatic N) is 3. The van der Waals surface area contributed by atoms with Crippen LogP contribution in [0.3, 0.4) is 0 Å². The lowest BCUT2D eigenvalue weighted by Crippen LogP contribution is -2.55. The van der Waals surface area contributed by atoms with Gasteiger partial charge in [-0.05, 0) is 33.2 Å². The molecular weight excluding hydrogens is 214 g/mol. The number of likely N-dealkylation sites (tertiary alicyclic amines) is 1. The van der Waals surface area contributed by atoms with Gasteiger partial charge in [0.2, 0.25) is 0 Å². The molecule has 0 atom stereocenters. The van der Waals surface area contributed by atoms with Crippen LogP contribution in [0.4, 0.5) is 4.79 Å². The smallest absolute Gasteiger partial charge is 0.320 e. The Morgan fingerprint density at radius 3 is 2.24 bits per heavy atom. The summed E-state index contributed by atoms with van der Waals surface area (Å²) in [6.45, 7) is 12.4. The maximum absolute atomic E-state index is 12.4. The average Bonchev–Trinajstić information content (AvgIpc) is 2.68. The van der Waals surface area contributed by atoms with E-state index in [-0.39, 0.29) is 11.6 Å². The molecule has 2 fully saturated rings. The molecule has 0 aromatic carbocycles. The zero-order valence-electron chi connectivity index (χ0n) is 11.4. The fourth-order valence-corrected chi connectivity index (χ4v) is 2.89. The van der Waals surface area contributed by atoms with Crippen LogP contribution in [-0.2, 0) is 0 Å². The van der Waals surface area contributed by atoms with Crippen LogP contribution >= 0.6 is 0 Å². The Morgan fingerprint density at radius 1 is 1.12 bits per heavy atom. The molecular formula is C13H25N3O. The molecule has 4 heteroatoms. The summed E-state index contributed by atoms with van der Waals surface area (Å²) in [5.74, 6) is 0. The van der Waals surface area contributed by atoms with Gasteiger partial charge in [0, 0.05) is 38.3 Å². The highest BCUT2D eigenvalue weighted by Crippen LogP contribution is 2.29. The van der Waals surface area contributed by atoms with E-state index < -0.39 is 0 Å². The largest absolute Gasteiger partial charge is 0.322 e. The molecule has 2 aliphatic heterocycles. The summed E-state index contributed by atoms with van der Waals surface area (Å²) in [5.41, 5.74) is 0.0545. The van der Waals surface area contributed by atoms with E-state index in [9.17, 15) is 4.79 Å². The van der Waals surface area contributed by atoms with E-state index in [2.05, 4.69) is 30.6 Å². The minimum atomic E-state index is 0.0545. The first-order chi connectivity index (χ1) is 8.04. The highest BCUT2D eigenvalue weighted by molar-refractivity contribution is 5.75. The fourth-order valence-electron chi connectivity index (χ4n) is 2.89. The minimum Gasteiger partial charge on any atom is -0.322 e. The van der Waals surface area contributed by atoms with Crippen LogP contribution < -0.4 is 0 Å². The molecule has 2 heterocycles. The van der Waals surface area contributed by atoms with Crippen molar-refractivity contribution >= 4 is 6.03 Å². The van der Waals surface area contributed by atoms with Crippen molar-refractivity contribution in [3.63, 3.8) is 0 Å². The Morgan fingerprint density at radius 2 is 1.76 bits per heavy atom. The third-order valence-electron chi connectivity index (χ3n) is 4.22. The van der Waals surface area contributed by atoms with Crippen LogP contribution in [0, 0.1) is 0 Å². The topological polar surface area (TPSA) is 26.8 Å². The number of urea groups is 1. The molecule has 4 nitrogen and oxygen atoms in total. The molecule has 98 valence electrons. The van der Waals surface area contributed by atoms with Gasteiger partial charge >= 0.3 is 6.03 Å². The Bertz CT molecular complexity index is 282. The van der Waals surface area contributed by atoms with E-state index in [1.807, 2.05) is 4.90 Å². The average molecular weight is 239 g/mol. The van der Waals surface area contributed by atoms with Crippen LogP contribution in [0.25, 0.3) is 0 Å². The first-order valence-electron chi connectivity index (χ1n) is 6.83. The highest BCUT2D eigenvalue weighted by Gasteiger charge is 2.37. The predicted octanol–water partition coefficient (Wildman–Crippen LogP) is 1.62. The fraction of sp³-hybridized carbons (Fsp3) is 0.923. The van der Waals surface area contributed by atoms with Gasteiger partial charge in [0.25, 0.3) is 0 Å². The summed E-state index contributed by atoms with van der Waals surface area (Å²) in [4.78, 5) is 18.9. The van der Waals surface area contributed by atoms with Crippen LogP contribution in [0.2, 0.25) is 0 Å². The predicted molar refractivity (Wildman–Crippen MR) is 69.1 cm³/mol. The molecule has 0 saturated carbocycles. The van der Waals surface area contributed by atoms with Crippen molar-refractivity contribution in [1.82, 2.24) is 14.7 Å². The van der Waals surface area contributed by atoms with Crippen molar-refractivity contribution in [3.8, 4) is 0 Å². The number of rotatable bonds is 1. The van der Waals surface area contributed by atoms with E-state index >= 15 is 0 Å². The Labute approximate surface area is 105 Å². The maximum atomic E-state index is 12.4. The Kier molecular flexibility index (Phi) is 3.61. The van der Waals surface area contributed by atoms with Gasteiger partial charge in [-0.1, -0.05) is 6.92 Å². The second kappa shape index (κ2) is 4.84. The lowest BCUT2D eigenvalue weighted by Gasteiger charge is -2.40. The Hall–Kier alpha value is -0.770. The summed E-state index contributed by atoms with van der Waals surface area (Å²) in [7, 11) is 0. The van der Waals surface area contributed by atoms with E-state index in [0.717, 1.165) is 52.1 Å². The monoisotopic (exact) mass is 239 g/mol. The normalized spacial score (nSPS) is 25.4. The van der Waals surface area contributed by atoms with E-state index in [4.69, 9.17) is 0 Å². The van der Waals surface area contributed by atoms with Crippen molar-refractivity contribution in [3.05, 3.63) is 0 Å². The van der Waals surface area contributed by atoms with Gasteiger partial charge in [-0.3, -0.25) is 0 Å². The number of piperazine rings is 1. The second-order valence-electron chi connectivity index (χ2n) is 5.77. The molecule has 2 amide bonds. The van der Waals surface area contributed by atoms with Crippen molar-refractivity contribution in [2.45, 2.75) is 39.2 Å². The van der Waals surface area contributed by atoms with Gasteiger partial charge < -0.3 is 14.7 Å². The van der Waals surface area contributed by atoms with E-state index in [1.54, 1.807) is 0 Å². The number of likely N-dealkylation sites (N-methyl/N-ethyl adjacent to an activating group) is 1. The van der Waals surface area contributed by atoms with E-state index in [1.165, 1.54) is 0 Å². The zero-order chi connectivity index (χ0) is 12.5. The molecule has 0 unspecified atom stereocenters. The van der Waals surface area contributed by atoms with Crippen LogP contribution in [0.5, 0.6) is 0 Å². The first kappa shape index (κ1) is 12.7. The molecule has 0 aromatic heterocycles. The first-order valence-corrected chi connectivity index (χ1v) is 6.83. The Balaban J connectivity index is 1.93. The lowest BCUT2D eigenvalue weighted by atomic mass is 10.0. The second-order valence-corrected chi connectivity index (χ2v) is 5.77. The molecule has 0 radical (unpaired) electrons. The van der Waals surface area contributed by atoms with Gasteiger partial charge in [-0.15, -0.1) is 0 Å². The molecule has 17 heavy (non-hydrogen) atoms. The maximum Gasteiger partial charge on any atom is 0.320 e. The number of hydrogen-bond acceptors (Lipinski definition) is 2. The molecule has 0 bridgehead atoms. The summed E-state index contributed by atoms with van der Waals surface area (Å²) < 4.78 is 0. The molecule has 2 aliphatic rings. The number of hydrogen-bond donors (Lipinski definition) is 0. The third-order valence-corrected chi connectivity index (χ3v) is 4.22. The summed E-state index contributed by atoms with van der Waals surface area (Å²) in [6.07, 6.45) is 2.28. The van der Waals surface area contributed by atoms with Crippen molar-refractivity contribution in [2.24, 2.45) is 0 Å².